The third-order valence-corrected chi connectivity index (χ3v) is 8.07. The summed E-state index contributed by atoms with van der Waals surface area (Å²) in [5, 5.41) is 0. The van der Waals surface area contributed by atoms with E-state index in [0.29, 0.717) is 17.8 Å². The Kier molecular flexibility index (Phi) is 11.8. The number of benzene rings is 3. The summed E-state index contributed by atoms with van der Waals surface area (Å²) in [6.45, 7) is 13.5. The van der Waals surface area contributed by atoms with Gasteiger partial charge in [0.2, 0.25) is 0 Å². The van der Waals surface area contributed by atoms with Gasteiger partial charge in [-0.05, 0) is 71.9 Å². The molecule has 3 atom stereocenters. The second-order valence-electron chi connectivity index (χ2n) is 10.2. The molecule has 0 aliphatic heterocycles. The summed E-state index contributed by atoms with van der Waals surface area (Å²) in [4.78, 5) is 0. The van der Waals surface area contributed by atoms with Gasteiger partial charge in [-0.15, -0.1) is 0 Å². The van der Waals surface area contributed by atoms with Gasteiger partial charge >= 0.3 is 8.60 Å². The topological polar surface area (TPSA) is 27.7 Å². The van der Waals surface area contributed by atoms with Gasteiger partial charge in [-0.2, -0.15) is 0 Å². The normalized spacial score (nSPS) is 14.4. The van der Waals surface area contributed by atoms with Crippen molar-refractivity contribution < 1.29 is 13.6 Å². The van der Waals surface area contributed by atoms with Crippen molar-refractivity contribution in [2.75, 3.05) is 0 Å². The summed E-state index contributed by atoms with van der Waals surface area (Å²) in [5.74, 6) is 3.71. The van der Waals surface area contributed by atoms with Gasteiger partial charge in [0.25, 0.3) is 0 Å². The summed E-state index contributed by atoms with van der Waals surface area (Å²) in [7, 11) is -1.74. The van der Waals surface area contributed by atoms with Crippen LogP contribution < -0.4 is 13.6 Å². The zero-order valence-corrected chi connectivity index (χ0v) is 24.5. The summed E-state index contributed by atoms with van der Waals surface area (Å²) < 4.78 is 19.9. The fraction of sp³-hybridized carbons (Fsp3) is 0.455. The molecule has 3 aromatic rings. The molecule has 0 saturated heterocycles. The lowest BCUT2D eigenvalue weighted by molar-refractivity contribution is 0.379. The Morgan fingerprint density at radius 3 is 1.03 bits per heavy atom. The van der Waals surface area contributed by atoms with Crippen molar-refractivity contribution in [2.24, 2.45) is 0 Å². The van der Waals surface area contributed by atoms with Crippen LogP contribution in [0.1, 0.15) is 115 Å². The third-order valence-electron chi connectivity index (χ3n) is 7.03. The van der Waals surface area contributed by atoms with Crippen LogP contribution >= 0.6 is 8.60 Å². The summed E-state index contributed by atoms with van der Waals surface area (Å²) in [6.07, 6.45) is 6.70. The van der Waals surface area contributed by atoms with Crippen molar-refractivity contribution >= 4 is 8.60 Å². The van der Waals surface area contributed by atoms with E-state index in [0.717, 1.165) is 55.8 Å². The van der Waals surface area contributed by atoms with Crippen molar-refractivity contribution in [3.63, 3.8) is 0 Å². The molecule has 0 aliphatic carbocycles. The zero-order chi connectivity index (χ0) is 26.6. The number of hydrogen-bond donors (Lipinski definition) is 0. The number of para-hydroxylation sites is 3. The first-order chi connectivity index (χ1) is 18.0. The van der Waals surface area contributed by atoms with Crippen molar-refractivity contribution in [3.05, 3.63) is 89.5 Å². The molecule has 4 heteroatoms. The van der Waals surface area contributed by atoms with Crippen LogP contribution in [-0.4, -0.2) is 0 Å². The predicted octanol–water partition coefficient (Wildman–Crippen LogP) is 11.2. The molecule has 0 bridgehead atoms. The highest BCUT2D eigenvalue weighted by atomic mass is 31.2. The van der Waals surface area contributed by atoms with E-state index in [4.69, 9.17) is 13.6 Å². The van der Waals surface area contributed by atoms with Crippen molar-refractivity contribution in [1.29, 1.82) is 0 Å². The molecule has 3 rings (SSSR count). The standard InChI is InChI=1S/C33H45O3P/c1-7-16-25(4)28-19-10-13-22-31(28)34-37(35-32-23-14-11-20-29(32)26(5)17-8-2)36-33-24-15-12-21-30(33)27(6)18-9-3/h10-15,19-27H,7-9,16-18H2,1-6H3. The van der Waals surface area contributed by atoms with Gasteiger partial charge in [0.05, 0.1) is 0 Å². The van der Waals surface area contributed by atoms with Gasteiger partial charge in [0.15, 0.2) is 0 Å². The molecule has 0 amide bonds. The maximum Gasteiger partial charge on any atom is 0.530 e. The molecule has 0 heterocycles. The minimum absolute atomic E-state index is 0.395. The van der Waals surface area contributed by atoms with Gasteiger partial charge in [-0.1, -0.05) is 115 Å². The molecule has 3 unspecified atom stereocenters. The monoisotopic (exact) mass is 520 g/mol. The SMILES string of the molecule is CCCC(C)c1ccccc1OP(Oc1ccccc1C(C)CCC)Oc1ccccc1C(C)CCC. The third kappa shape index (κ3) is 8.24. The summed E-state index contributed by atoms with van der Waals surface area (Å²) in [6, 6.07) is 25.0. The van der Waals surface area contributed by atoms with Crippen LogP contribution in [0.4, 0.5) is 0 Å². The first kappa shape index (κ1) is 29.1. The highest BCUT2D eigenvalue weighted by molar-refractivity contribution is 7.43. The van der Waals surface area contributed by atoms with Crippen LogP contribution in [0.5, 0.6) is 17.2 Å². The van der Waals surface area contributed by atoms with Crippen LogP contribution in [0.2, 0.25) is 0 Å². The molecule has 200 valence electrons. The van der Waals surface area contributed by atoms with Crippen LogP contribution in [0.15, 0.2) is 72.8 Å². The fourth-order valence-corrected chi connectivity index (χ4v) is 6.07. The summed E-state index contributed by atoms with van der Waals surface area (Å²) in [5.41, 5.74) is 3.60. The van der Waals surface area contributed by atoms with Crippen LogP contribution in [0, 0.1) is 0 Å². The second-order valence-corrected chi connectivity index (χ2v) is 11.2. The summed E-state index contributed by atoms with van der Waals surface area (Å²) >= 11 is 0. The molecule has 0 aromatic heterocycles. The largest absolute Gasteiger partial charge is 0.530 e. The molecule has 37 heavy (non-hydrogen) atoms. The Morgan fingerprint density at radius 1 is 0.486 bits per heavy atom. The quantitative estimate of drug-likeness (QED) is 0.187. The van der Waals surface area contributed by atoms with Crippen molar-refractivity contribution in [1.82, 2.24) is 0 Å². The molecule has 0 N–H and O–H groups in total. The van der Waals surface area contributed by atoms with Gasteiger partial charge in [0, 0.05) is 0 Å². The molecule has 3 nitrogen and oxygen atoms in total. The fourth-order valence-electron chi connectivity index (χ4n) is 4.97. The predicted molar refractivity (Wildman–Crippen MR) is 158 cm³/mol. The number of hydrogen-bond acceptors (Lipinski definition) is 3. The smallest absolute Gasteiger partial charge is 0.408 e. The Bertz CT molecular complexity index is 946. The molecule has 0 fully saturated rings. The van der Waals surface area contributed by atoms with Crippen molar-refractivity contribution in [3.8, 4) is 17.2 Å². The van der Waals surface area contributed by atoms with E-state index in [-0.39, 0.29) is 0 Å². The highest BCUT2D eigenvalue weighted by Crippen LogP contribution is 2.48. The van der Waals surface area contributed by atoms with Gasteiger partial charge in [0.1, 0.15) is 17.2 Å². The minimum Gasteiger partial charge on any atom is -0.408 e. The molecule has 0 aliphatic rings. The van der Waals surface area contributed by atoms with E-state index in [1.54, 1.807) is 0 Å². The lowest BCUT2D eigenvalue weighted by atomic mass is 9.96. The zero-order valence-electron chi connectivity index (χ0n) is 23.6. The Hall–Kier alpha value is -2.51. The van der Waals surface area contributed by atoms with Gasteiger partial charge in [-0.3, -0.25) is 0 Å². The molecular formula is C33H45O3P. The first-order valence-corrected chi connectivity index (χ1v) is 15.2. The van der Waals surface area contributed by atoms with E-state index < -0.39 is 8.60 Å². The van der Waals surface area contributed by atoms with Crippen molar-refractivity contribution in [2.45, 2.75) is 97.8 Å². The van der Waals surface area contributed by atoms with Gasteiger partial charge in [-0.25, -0.2) is 0 Å². The van der Waals surface area contributed by atoms with E-state index >= 15 is 0 Å². The van der Waals surface area contributed by atoms with Gasteiger partial charge < -0.3 is 13.6 Å². The van der Waals surface area contributed by atoms with Crippen LogP contribution in [0.25, 0.3) is 0 Å². The van der Waals surface area contributed by atoms with Crippen LogP contribution in [0.3, 0.4) is 0 Å². The average Bonchev–Trinajstić information content (AvgIpc) is 2.90. The lowest BCUT2D eigenvalue weighted by Crippen LogP contribution is -2.08. The Morgan fingerprint density at radius 2 is 0.757 bits per heavy atom. The molecular weight excluding hydrogens is 475 g/mol. The maximum atomic E-state index is 6.63. The Labute approximate surface area is 226 Å². The molecule has 3 aromatic carbocycles. The van der Waals surface area contributed by atoms with E-state index in [1.165, 1.54) is 16.7 Å². The Balaban J connectivity index is 1.98. The van der Waals surface area contributed by atoms with E-state index in [1.807, 2.05) is 36.4 Å². The van der Waals surface area contributed by atoms with Crippen LogP contribution in [-0.2, 0) is 0 Å². The molecule has 0 saturated carbocycles. The molecule has 0 radical (unpaired) electrons. The lowest BCUT2D eigenvalue weighted by Gasteiger charge is -2.24. The first-order valence-electron chi connectivity index (χ1n) is 14.1. The van der Waals surface area contributed by atoms with E-state index in [2.05, 4.69) is 77.9 Å². The number of rotatable bonds is 15. The average molecular weight is 521 g/mol. The van der Waals surface area contributed by atoms with E-state index in [9.17, 15) is 0 Å². The minimum atomic E-state index is -1.74. The molecule has 0 spiro atoms. The second kappa shape index (κ2) is 15.0. The maximum absolute atomic E-state index is 6.63. The highest BCUT2D eigenvalue weighted by Gasteiger charge is 2.26.